The number of nitrogen functional groups attached to an aromatic ring is 1. The second kappa shape index (κ2) is 4.49. The number of piperidine rings is 1. The molecule has 96 valence electrons. The van der Waals surface area contributed by atoms with Gasteiger partial charge in [-0.2, -0.15) is 4.98 Å². The number of oxazole rings is 1. The molecule has 1 unspecified atom stereocenters. The molecule has 0 aliphatic carbocycles. The zero-order valence-electron chi connectivity index (χ0n) is 10.2. The summed E-state index contributed by atoms with van der Waals surface area (Å²) in [6.07, 6.45) is 2.13. The number of aromatic nitrogens is 1. The third-order valence-electron chi connectivity index (χ3n) is 3.45. The Morgan fingerprint density at radius 1 is 1.50 bits per heavy atom. The van der Waals surface area contributed by atoms with E-state index in [9.17, 15) is 5.11 Å². The molecule has 0 radical (unpaired) electrons. The molecule has 0 amide bonds. The van der Waals surface area contributed by atoms with Gasteiger partial charge in [-0.3, -0.25) is 0 Å². The van der Waals surface area contributed by atoms with E-state index in [1.54, 1.807) is 6.07 Å². The Hall–Kier alpha value is -1.75. The smallest absolute Gasteiger partial charge is 0.298 e. The van der Waals surface area contributed by atoms with Gasteiger partial charge in [0.25, 0.3) is 6.01 Å². The molecule has 1 aromatic carbocycles. The van der Waals surface area contributed by atoms with E-state index in [2.05, 4.69) is 9.88 Å². The van der Waals surface area contributed by atoms with E-state index in [-0.39, 0.29) is 6.61 Å². The average Bonchev–Trinajstić information content (AvgIpc) is 2.81. The summed E-state index contributed by atoms with van der Waals surface area (Å²) in [6.45, 7) is 1.96. The van der Waals surface area contributed by atoms with Crippen LogP contribution in [0.5, 0.6) is 0 Å². The Morgan fingerprint density at radius 3 is 3.22 bits per heavy atom. The lowest BCUT2D eigenvalue weighted by Crippen LogP contribution is -2.36. The summed E-state index contributed by atoms with van der Waals surface area (Å²) in [5, 5.41) is 9.24. The van der Waals surface area contributed by atoms with E-state index in [0.29, 0.717) is 17.6 Å². The highest BCUT2D eigenvalue weighted by Gasteiger charge is 2.22. The summed E-state index contributed by atoms with van der Waals surface area (Å²) in [5.74, 6) is 0.318. The van der Waals surface area contributed by atoms with Crippen LogP contribution in [0.1, 0.15) is 12.8 Å². The molecule has 2 heterocycles. The van der Waals surface area contributed by atoms with Crippen LogP contribution < -0.4 is 10.6 Å². The Labute approximate surface area is 105 Å². The molecule has 2 aromatic rings. The molecule has 0 saturated carbocycles. The monoisotopic (exact) mass is 247 g/mol. The van der Waals surface area contributed by atoms with Gasteiger partial charge in [0.2, 0.25) is 0 Å². The van der Waals surface area contributed by atoms with Crippen molar-refractivity contribution in [3.8, 4) is 0 Å². The summed E-state index contributed by atoms with van der Waals surface area (Å²) < 4.78 is 5.73. The zero-order valence-corrected chi connectivity index (χ0v) is 10.2. The molecule has 0 spiro atoms. The second-order valence-corrected chi connectivity index (χ2v) is 4.86. The normalized spacial score (nSPS) is 20.5. The van der Waals surface area contributed by atoms with Gasteiger partial charge in [-0.15, -0.1) is 0 Å². The molecule has 3 N–H and O–H groups in total. The molecule has 1 aromatic heterocycles. The number of fused-ring (bicyclic) bond motifs is 1. The lowest BCUT2D eigenvalue weighted by molar-refractivity contribution is 0.207. The number of benzene rings is 1. The molecule has 18 heavy (non-hydrogen) atoms. The minimum absolute atomic E-state index is 0.226. The van der Waals surface area contributed by atoms with Crippen molar-refractivity contribution in [2.45, 2.75) is 12.8 Å². The molecular formula is C13H17N3O2. The third kappa shape index (κ3) is 2.01. The van der Waals surface area contributed by atoms with Crippen LogP contribution in [-0.4, -0.2) is 29.8 Å². The SMILES string of the molecule is Nc1ccc2nc(N3CCCC(CO)C3)oc2c1. The molecule has 1 saturated heterocycles. The molecule has 3 rings (SSSR count). The zero-order chi connectivity index (χ0) is 12.5. The van der Waals surface area contributed by atoms with Gasteiger partial charge in [0.15, 0.2) is 5.58 Å². The summed E-state index contributed by atoms with van der Waals surface area (Å²) in [4.78, 5) is 6.57. The van der Waals surface area contributed by atoms with Gasteiger partial charge in [0.1, 0.15) is 5.52 Å². The van der Waals surface area contributed by atoms with Crippen LogP contribution >= 0.6 is 0 Å². The quantitative estimate of drug-likeness (QED) is 0.789. The van der Waals surface area contributed by atoms with Crippen LogP contribution in [0.3, 0.4) is 0 Å². The first-order valence-corrected chi connectivity index (χ1v) is 6.28. The fraction of sp³-hybridized carbons (Fsp3) is 0.462. The number of nitrogens with two attached hydrogens (primary N) is 1. The molecule has 1 aliphatic rings. The number of nitrogens with zero attached hydrogens (tertiary/aromatic N) is 2. The van der Waals surface area contributed by atoms with Gasteiger partial charge in [-0.05, 0) is 30.9 Å². The number of aliphatic hydroxyl groups excluding tert-OH is 1. The molecule has 1 atom stereocenters. The lowest BCUT2D eigenvalue weighted by atomic mass is 10.00. The molecule has 5 heteroatoms. The van der Waals surface area contributed by atoms with Crippen molar-refractivity contribution in [3.05, 3.63) is 18.2 Å². The van der Waals surface area contributed by atoms with Gasteiger partial charge < -0.3 is 20.2 Å². The maximum absolute atomic E-state index is 9.24. The first kappa shape index (κ1) is 11.3. The summed E-state index contributed by atoms with van der Waals surface area (Å²) in [6, 6.07) is 6.11. The Bertz CT molecular complexity index is 552. The lowest BCUT2D eigenvalue weighted by Gasteiger charge is -2.30. The summed E-state index contributed by atoms with van der Waals surface area (Å²) in [5.41, 5.74) is 7.94. The predicted molar refractivity (Wildman–Crippen MR) is 70.4 cm³/mol. The van der Waals surface area contributed by atoms with E-state index in [4.69, 9.17) is 10.2 Å². The molecule has 0 bridgehead atoms. The number of hydrogen-bond donors (Lipinski definition) is 2. The van der Waals surface area contributed by atoms with Crippen molar-refractivity contribution < 1.29 is 9.52 Å². The van der Waals surface area contributed by atoms with Crippen LogP contribution in [0.25, 0.3) is 11.1 Å². The van der Waals surface area contributed by atoms with Crippen LogP contribution in [0.2, 0.25) is 0 Å². The minimum atomic E-state index is 0.226. The van der Waals surface area contributed by atoms with Crippen molar-refractivity contribution in [2.75, 3.05) is 30.3 Å². The van der Waals surface area contributed by atoms with Gasteiger partial charge in [0, 0.05) is 31.5 Å². The van der Waals surface area contributed by atoms with Crippen molar-refractivity contribution in [1.82, 2.24) is 4.98 Å². The maximum atomic E-state index is 9.24. The molecule has 5 nitrogen and oxygen atoms in total. The minimum Gasteiger partial charge on any atom is -0.423 e. The highest BCUT2D eigenvalue weighted by molar-refractivity contribution is 5.78. The average molecular weight is 247 g/mol. The van der Waals surface area contributed by atoms with Crippen molar-refractivity contribution >= 4 is 22.8 Å². The van der Waals surface area contributed by atoms with E-state index < -0.39 is 0 Å². The summed E-state index contributed by atoms with van der Waals surface area (Å²) in [7, 11) is 0. The molecule has 1 aliphatic heterocycles. The van der Waals surface area contributed by atoms with Crippen molar-refractivity contribution in [1.29, 1.82) is 0 Å². The van der Waals surface area contributed by atoms with Crippen molar-refractivity contribution in [3.63, 3.8) is 0 Å². The highest BCUT2D eigenvalue weighted by atomic mass is 16.4. The molecular weight excluding hydrogens is 230 g/mol. The van der Waals surface area contributed by atoms with Crippen molar-refractivity contribution in [2.24, 2.45) is 5.92 Å². The Kier molecular flexibility index (Phi) is 2.83. The van der Waals surface area contributed by atoms with Gasteiger partial charge in [0.05, 0.1) is 0 Å². The Morgan fingerprint density at radius 2 is 2.39 bits per heavy atom. The number of aliphatic hydroxyl groups is 1. The molecule has 1 fully saturated rings. The number of rotatable bonds is 2. The largest absolute Gasteiger partial charge is 0.423 e. The fourth-order valence-electron chi connectivity index (χ4n) is 2.45. The van der Waals surface area contributed by atoms with E-state index >= 15 is 0 Å². The van der Waals surface area contributed by atoms with Crippen LogP contribution in [-0.2, 0) is 0 Å². The van der Waals surface area contributed by atoms with Crippen LogP contribution in [0, 0.1) is 5.92 Å². The summed E-state index contributed by atoms with van der Waals surface area (Å²) >= 11 is 0. The van der Waals surface area contributed by atoms with E-state index in [0.717, 1.165) is 37.0 Å². The van der Waals surface area contributed by atoms with E-state index in [1.165, 1.54) is 0 Å². The first-order valence-electron chi connectivity index (χ1n) is 6.28. The van der Waals surface area contributed by atoms with Gasteiger partial charge in [-0.25, -0.2) is 0 Å². The standard InChI is InChI=1S/C13H17N3O2/c14-10-3-4-11-12(6-10)18-13(15-11)16-5-1-2-9(7-16)8-17/h3-4,6,9,17H,1-2,5,7-8,14H2. The van der Waals surface area contributed by atoms with Crippen LogP contribution in [0.4, 0.5) is 11.7 Å². The van der Waals surface area contributed by atoms with Gasteiger partial charge in [-0.1, -0.05) is 0 Å². The maximum Gasteiger partial charge on any atom is 0.298 e. The first-order chi connectivity index (χ1) is 8.76. The van der Waals surface area contributed by atoms with Gasteiger partial charge >= 0.3 is 0 Å². The third-order valence-corrected chi connectivity index (χ3v) is 3.45. The van der Waals surface area contributed by atoms with E-state index in [1.807, 2.05) is 12.1 Å². The number of hydrogen-bond acceptors (Lipinski definition) is 5. The Balaban J connectivity index is 1.89. The highest BCUT2D eigenvalue weighted by Crippen LogP contribution is 2.27. The predicted octanol–water partition coefficient (Wildman–Crippen LogP) is 1.62. The topological polar surface area (TPSA) is 75.5 Å². The second-order valence-electron chi connectivity index (χ2n) is 4.86. The van der Waals surface area contributed by atoms with Crippen LogP contribution in [0.15, 0.2) is 22.6 Å². The number of anilines is 2. The fourth-order valence-corrected chi connectivity index (χ4v) is 2.45.